The van der Waals surface area contributed by atoms with Crippen LogP contribution in [0.15, 0.2) is 0 Å². The number of nitrogens with one attached hydrogen (secondary N) is 1. The van der Waals surface area contributed by atoms with E-state index in [1.807, 2.05) is 0 Å². The second kappa shape index (κ2) is 13.1. The highest BCUT2D eigenvalue weighted by Crippen LogP contribution is 2.52. The fourth-order valence-corrected chi connectivity index (χ4v) is 7.67. The van der Waals surface area contributed by atoms with Gasteiger partial charge in [-0.05, 0) is 75.3 Å². The fourth-order valence-electron chi connectivity index (χ4n) is 7.67. The first-order valence-corrected chi connectivity index (χ1v) is 14.7. The van der Waals surface area contributed by atoms with E-state index in [0.29, 0.717) is 5.41 Å². The van der Waals surface area contributed by atoms with Crippen molar-refractivity contribution in [3.63, 3.8) is 0 Å². The first kappa shape index (κ1) is 25.0. The van der Waals surface area contributed by atoms with Gasteiger partial charge >= 0.3 is 0 Å². The van der Waals surface area contributed by atoms with Gasteiger partial charge in [-0.1, -0.05) is 77.0 Å². The molecule has 2 heterocycles. The van der Waals surface area contributed by atoms with E-state index < -0.39 is 0 Å². The topological polar surface area (TPSA) is 30.5 Å². The Balaban J connectivity index is 1.37. The molecule has 4 fully saturated rings. The summed E-state index contributed by atoms with van der Waals surface area (Å²) in [4.78, 5) is 0. The van der Waals surface area contributed by atoms with E-state index in [9.17, 15) is 0 Å². The van der Waals surface area contributed by atoms with E-state index in [1.165, 1.54) is 135 Å². The maximum Gasteiger partial charge on any atom is 0.0942 e. The number of ether oxygens (including phenoxy) is 2. The van der Waals surface area contributed by atoms with Gasteiger partial charge in [0.1, 0.15) is 0 Å². The molecular formula is C29H53NO2. The van der Waals surface area contributed by atoms with Gasteiger partial charge in [-0.15, -0.1) is 0 Å². The van der Waals surface area contributed by atoms with Crippen LogP contribution in [-0.4, -0.2) is 38.5 Å². The summed E-state index contributed by atoms with van der Waals surface area (Å²) in [5, 5.41) is 3.97. The summed E-state index contributed by atoms with van der Waals surface area (Å²) in [5.41, 5.74) is 0.506. The molecule has 2 saturated carbocycles. The van der Waals surface area contributed by atoms with E-state index in [2.05, 4.69) is 5.32 Å². The van der Waals surface area contributed by atoms with Crippen molar-refractivity contribution < 1.29 is 9.47 Å². The molecule has 0 radical (unpaired) electrons. The van der Waals surface area contributed by atoms with E-state index in [1.54, 1.807) is 0 Å². The lowest BCUT2D eigenvalue weighted by Crippen LogP contribution is -2.50. The number of hydrogen-bond acceptors (Lipinski definition) is 3. The number of hydrogen-bond donors (Lipinski definition) is 1. The highest BCUT2D eigenvalue weighted by Gasteiger charge is 2.50. The lowest BCUT2D eigenvalue weighted by molar-refractivity contribution is -0.145. The first-order chi connectivity index (χ1) is 15.8. The van der Waals surface area contributed by atoms with Crippen molar-refractivity contribution in [2.45, 2.75) is 134 Å². The highest BCUT2D eigenvalue weighted by molar-refractivity contribution is 5.00. The van der Waals surface area contributed by atoms with Gasteiger partial charge in [-0.25, -0.2) is 0 Å². The Hall–Kier alpha value is -0.120. The van der Waals surface area contributed by atoms with Crippen molar-refractivity contribution in [3.05, 3.63) is 0 Å². The van der Waals surface area contributed by atoms with Gasteiger partial charge in [0.25, 0.3) is 0 Å². The Bertz CT molecular complexity index is 499. The van der Waals surface area contributed by atoms with Crippen LogP contribution in [0.4, 0.5) is 0 Å². The van der Waals surface area contributed by atoms with Crippen molar-refractivity contribution in [2.75, 3.05) is 32.9 Å². The molecule has 3 heteroatoms. The second-order valence-corrected chi connectivity index (χ2v) is 12.0. The average molecular weight is 448 g/mol. The molecule has 1 N–H and O–H groups in total. The van der Waals surface area contributed by atoms with Crippen LogP contribution >= 0.6 is 0 Å². The SMILES string of the molecule is C1CCCCC(C2(CCNCC3CCCCCCC3)CCOC3(CCOC3)C2)CCCC1. The summed E-state index contributed by atoms with van der Waals surface area (Å²) in [7, 11) is 0. The molecule has 0 aromatic carbocycles. The van der Waals surface area contributed by atoms with E-state index in [-0.39, 0.29) is 5.60 Å². The summed E-state index contributed by atoms with van der Waals surface area (Å²) in [6.45, 7) is 5.18. The van der Waals surface area contributed by atoms with Crippen LogP contribution in [0.3, 0.4) is 0 Å². The molecule has 0 bridgehead atoms. The lowest BCUT2D eigenvalue weighted by atomic mass is 9.60. The molecule has 32 heavy (non-hydrogen) atoms. The Morgan fingerprint density at radius 3 is 1.94 bits per heavy atom. The highest BCUT2D eigenvalue weighted by atomic mass is 16.6. The van der Waals surface area contributed by atoms with Gasteiger partial charge in [0.15, 0.2) is 0 Å². The minimum Gasteiger partial charge on any atom is -0.378 e. The molecule has 4 aliphatic rings. The lowest BCUT2D eigenvalue weighted by Gasteiger charge is -2.50. The summed E-state index contributed by atoms with van der Waals surface area (Å²) < 4.78 is 12.3. The molecule has 2 aliphatic heterocycles. The zero-order valence-corrected chi connectivity index (χ0v) is 21.1. The predicted octanol–water partition coefficient (Wildman–Crippen LogP) is 7.42. The summed E-state index contributed by atoms with van der Waals surface area (Å²) >= 11 is 0. The third-order valence-electron chi connectivity index (χ3n) is 9.68. The average Bonchev–Trinajstić information content (AvgIpc) is 3.23. The molecule has 2 aliphatic carbocycles. The molecule has 2 atom stereocenters. The maximum absolute atomic E-state index is 6.45. The standard InChI is InChI=1S/C29H53NO2/c1-2-7-11-15-27(16-12-8-3-1)28(18-22-32-29(24-28)19-21-31-25-29)17-20-30-23-26-13-9-5-4-6-10-14-26/h26-27,30H,1-25H2. The van der Waals surface area contributed by atoms with E-state index in [0.717, 1.165) is 38.1 Å². The minimum absolute atomic E-state index is 0.0348. The molecule has 0 aromatic rings. The van der Waals surface area contributed by atoms with Crippen LogP contribution in [0.1, 0.15) is 128 Å². The van der Waals surface area contributed by atoms with Gasteiger partial charge in [-0.2, -0.15) is 0 Å². The van der Waals surface area contributed by atoms with Gasteiger partial charge in [0, 0.05) is 19.6 Å². The minimum atomic E-state index is 0.0348. The molecule has 2 unspecified atom stereocenters. The van der Waals surface area contributed by atoms with Crippen molar-refractivity contribution >= 4 is 0 Å². The first-order valence-electron chi connectivity index (χ1n) is 14.7. The van der Waals surface area contributed by atoms with E-state index >= 15 is 0 Å². The van der Waals surface area contributed by atoms with Crippen molar-refractivity contribution in [2.24, 2.45) is 17.3 Å². The third-order valence-corrected chi connectivity index (χ3v) is 9.68. The maximum atomic E-state index is 6.45. The van der Waals surface area contributed by atoms with Gasteiger partial charge in [-0.3, -0.25) is 0 Å². The van der Waals surface area contributed by atoms with Crippen LogP contribution in [0.2, 0.25) is 0 Å². The molecule has 3 nitrogen and oxygen atoms in total. The largest absolute Gasteiger partial charge is 0.378 e. The zero-order chi connectivity index (χ0) is 22.0. The summed E-state index contributed by atoms with van der Waals surface area (Å²) in [6.07, 6.45) is 28.4. The summed E-state index contributed by atoms with van der Waals surface area (Å²) in [6, 6.07) is 0. The molecule has 4 rings (SSSR count). The Labute approximate surface area is 199 Å². The van der Waals surface area contributed by atoms with Crippen molar-refractivity contribution in [1.82, 2.24) is 5.32 Å². The Kier molecular flexibility index (Phi) is 10.2. The smallest absolute Gasteiger partial charge is 0.0942 e. The van der Waals surface area contributed by atoms with E-state index in [4.69, 9.17) is 9.47 Å². The Morgan fingerprint density at radius 2 is 1.31 bits per heavy atom. The van der Waals surface area contributed by atoms with Crippen molar-refractivity contribution in [3.8, 4) is 0 Å². The number of rotatable bonds is 6. The zero-order valence-electron chi connectivity index (χ0n) is 21.1. The van der Waals surface area contributed by atoms with Crippen LogP contribution in [0.5, 0.6) is 0 Å². The van der Waals surface area contributed by atoms with Crippen molar-refractivity contribution in [1.29, 1.82) is 0 Å². The van der Waals surface area contributed by atoms with Crippen LogP contribution in [-0.2, 0) is 9.47 Å². The van der Waals surface area contributed by atoms with Crippen LogP contribution in [0.25, 0.3) is 0 Å². The molecule has 0 aromatic heterocycles. The second-order valence-electron chi connectivity index (χ2n) is 12.0. The third kappa shape index (κ3) is 7.19. The molecular weight excluding hydrogens is 394 g/mol. The summed E-state index contributed by atoms with van der Waals surface area (Å²) in [5.74, 6) is 1.81. The quantitative estimate of drug-likeness (QED) is 0.430. The molecule has 0 amide bonds. The monoisotopic (exact) mass is 447 g/mol. The normalized spacial score (nSPS) is 34.9. The van der Waals surface area contributed by atoms with Gasteiger partial charge in [0.2, 0.25) is 0 Å². The molecule has 2 saturated heterocycles. The molecule has 1 spiro atoms. The van der Waals surface area contributed by atoms with Crippen LogP contribution in [0, 0.1) is 17.3 Å². The van der Waals surface area contributed by atoms with Crippen LogP contribution < -0.4 is 5.32 Å². The van der Waals surface area contributed by atoms with Gasteiger partial charge in [0.05, 0.1) is 12.2 Å². The van der Waals surface area contributed by atoms with Gasteiger partial charge < -0.3 is 14.8 Å². The Morgan fingerprint density at radius 1 is 0.688 bits per heavy atom. The molecule has 186 valence electrons. The fraction of sp³-hybridized carbons (Fsp3) is 1.00. The predicted molar refractivity (Wildman–Crippen MR) is 134 cm³/mol.